The molecule has 1 heterocycles. The standard InChI is InChI=1S/C9H16N2O2/c1-4-13-6-9(12)8-5-10-11(3)7(8)2/h5,9,12H,4,6H2,1-3H3. The molecule has 0 aliphatic rings. The van der Waals surface area contributed by atoms with E-state index in [1.165, 1.54) is 0 Å². The molecular formula is C9H16N2O2. The number of nitrogens with zero attached hydrogens (tertiary/aromatic N) is 2. The molecule has 1 aromatic rings. The number of aryl methyl sites for hydroxylation is 1. The lowest BCUT2D eigenvalue weighted by molar-refractivity contribution is 0.0416. The first-order chi connectivity index (χ1) is 6.16. The molecule has 4 nitrogen and oxygen atoms in total. The summed E-state index contributed by atoms with van der Waals surface area (Å²) in [5.41, 5.74) is 1.82. The lowest BCUT2D eigenvalue weighted by Gasteiger charge is -2.09. The van der Waals surface area contributed by atoms with Gasteiger partial charge in [-0.3, -0.25) is 4.68 Å². The van der Waals surface area contributed by atoms with Gasteiger partial charge in [-0.15, -0.1) is 0 Å². The van der Waals surface area contributed by atoms with Crippen LogP contribution < -0.4 is 0 Å². The summed E-state index contributed by atoms with van der Waals surface area (Å²) in [5.74, 6) is 0. The summed E-state index contributed by atoms with van der Waals surface area (Å²) in [5, 5.41) is 13.7. The van der Waals surface area contributed by atoms with Crippen molar-refractivity contribution in [3.8, 4) is 0 Å². The van der Waals surface area contributed by atoms with Gasteiger partial charge < -0.3 is 9.84 Å². The van der Waals surface area contributed by atoms with Crippen molar-refractivity contribution in [2.75, 3.05) is 13.2 Å². The maximum Gasteiger partial charge on any atom is 0.106 e. The van der Waals surface area contributed by atoms with E-state index in [1.807, 2.05) is 20.9 Å². The van der Waals surface area contributed by atoms with Crippen LogP contribution >= 0.6 is 0 Å². The molecule has 1 rings (SSSR count). The summed E-state index contributed by atoms with van der Waals surface area (Å²) in [4.78, 5) is 0. The van der Waals surface area contributed by atoms with Crippen molar-refractivity contribution in [3.05, 3.63) is 17.5 Å². The van der Waals surface area contributed by atoms with Crippen LogP contribution in [0.2, 0.25) is 0 Å². The van der Waals surface area contributed by atoms with Crippen LogP contribution in [0.1, 0.15) is 24.3 Å². The van der Waals surface area contributed by atoms with Gasteiger partial charge in [0.1, 0.15) is 6.10 Å². The van der Waals surface area contributed by atoms with Gasteiger partial charge in [0.15, 0.2) is 0 Å². The highest BCUT2D eigenvalue weighted by Gasteiger charge is 2.13. The zero-order chi connectivity index (χ0) is 9.84. The molecule has 1 aromatic heterocycles. The summed E-state index contributed by atoms with van der Waals surface area (Å²) in [6.07, 6.45) is 1.12. The molecule has 0 saturated carbocycles. The highest BCUT2D eigenvalue weighted by atomic mass is 16.5. The van der Waals surface area contributed by atoms with Gasteiger partial charge in [-0.2, -0.15) is 5.10 Å². The largest absolute Gasteiger partial charge is 0.386 e. The van der Waals surface area contributed by atoms with Crippen molar-refractivity contribution in [2.24, 2.45) is 7.05 Å². The Morgan fingerprint density at radius 2 is 2.38 bits per heavy atom. The van der Waals surface area contributed by atoms with Gasteiger partial charge in [-0.1, -0.05) is 0 Å². The fourth-order valence-corrected chi connectivity index (χ4v) is 1.16. The smallest absolute Gasteiger partial charge is 0.106 e. The van der Waals surface area contributed by atoms with Crippen LogP contribution in [-0.4, -0.2) is 28.1 Å². The summed E-state index contributed by atoms with van der Waals surface area (Å²) in [7, 11) is 1.85. The first kappa shape index (κ1) is 10.2. The minimum Gasteiger partial charge on any atom is -0.386 e. The first-order valence-electron chi connectivity index (χ1n) is 4.41. The van der Waals surface area contributed by atoms with Crippen LogP contribution in [0.4, 0.5) is 0 Å². The molecule has 13 heavy (non-hydrogen) atoms. The van der Waals surface area contributed by atoms with E-state index in [1.54, 1.807) is 10.9 Å². The Hall–Kier alpha value is -0.870. The first-order valence-corrected chi connectivity index (χ1v) is 4.41. The maximum absolute atomic E-state index is 9.67. The van der Waals surface area contributed by atoms with Crippen LogP contribution in [-0.2, 0) is 11.8 Å². The Labute approximate surface area is 78.1 Å². The normalized spacial score (nSPS) is 13.2. The van der Waals surface area contributed by atoms with E-state index in [0.29, 0.717) is 13.2 Å². The van der Waals surface area contributed by atoms with Crippen molar-refractivity contribution < 1.29 is 9.84 Å². The topological polar surface area (TPSA) is 47.3 Å². The SMILES string of the molecule is CCOCC(O)c1cnn(C)c1C. The Bertz CT molecular complexity index is 271. The molecule has 1 atom stereocenters. The average molecular weight is 184 g/mol. The predicted octanol–water partition coefficient (Wildman–Crippen LogP) is 0.798. The molecule has 0 saturated heterocycles. The number of aliphatic hydroxyl groups excluding tert-OH is 1. The van der Waals surface area contributed by atoms with Crippen molar-refractivity contribution in [1.82, 2.24) is 9.78 Å². The molecule has 0 bridgehead atoms. The maximum atomic E-state index is 9.67. The molecule has 1 unspecified atom stereocenters. The van der Waals surface area contributed by atoms with Crippen molar-refractivity contribution in [3.63, 3.8) is 0 Å². The zero-order valence-corrected chi connectivity index (χ0v) is 8.32. The molecule has 0 aromatic carbocycles. The third-order valence-corrected chi connectivity index (χ3v) is 2.11. The number of aliphatic hydroxyl groups is 1. The second-order valence-electron chi connectivity index (χ2n) is 2.98. The summed E-state index contributed by atoms with van der Waals surface area (Å²) >= 11 is 0. The minimum atomic E-state index is -0.561. The monoisotopic (exact) mass is 184 g/mol. The molecule has 0 radical (unpaired) electrons. The van der Waals surface area contributed by atoms with Crippen LogP contribution in [0.5, 0.6) is 0 Å². The molecule has 4 heteroatoms. The van der Waals surface area contributed by atoms with Gasteiger partial charge in [-0.05, 0) is 13.8 Å². The summed E-state index contributed by atoms with van der Waals surface area (Å²) in [6, 6.07) is 0. The molecule has 74 valence electrons. The summed E-state index contributed by atoms with van der Waals surface area (Å²) in [6.45, 7) is 4.79. The van der Waals surface area contributed by atoms with E-state index in [2.05, 4.69) is 5.10 Å². The van der Waals surface area contributed by atoms with Gasteiger partial charge in [-0.25, -0.2) is 0 Å². The second kappa shape index (κ2) is 4.39. The Balaban J connectivity index is 2.65. The number of rotatable bonds is 4. The van der Waals surface area contributed by atoms with E-state index in [4.69, 9.17) is 4.74 Å². The molecule has 0 aliphatic carbocycles. The Kier molecular flexibility index (Phi) is 3.45. The van der Waals surface area contributed by atoms with Gasteiger partial charge in [0, 0.05) is 24.9 Å². The van der Waals surface area contributed by atoms with Crippen molar-refractivity contribution in [1.29, 1.82) is 0 Å². The third-order valence-electron chi connectivity index (χ3n) is 2.11. The Morgan fingerprint density at radius 3 is 2.85 bits per heavy atom. The molecule has 0 aliphatic heterocycles. The highest BCUT2D eigenvalue weighted by Crippen LogP contribution is 2.16. The quantitative estimate of drug-likeness (QED) is 0.752. The van der Waals surface area contributed by atoms with Crippen LogP contribution in [0.15, 0.2) is 6.20 Å². The molecule has 1 N–H and O–H groups in total. The average Bonchev–Trinajstić information content (AvgIpc) is 2.44. The van der Waals surface area contributed by atoms with Crippen LogP contribution in [0.3, 0.4) is 0 Å². The minimum absolute atomic E-state index is 0.336. The zero-order valence-electron chi connectivity index (χ0n) is 8.32. The second-order valence-corrected chi connectivity index (χ2v) is 2.98. The molecule has 0 spiro atoms. The molecule has 0 amide bonds. The fourth-order valence-electron chi connectivity index (χ4n) is 1.16. The van der Waals surface area contributed by atoms with Gasteiger partial charge in [0.05, 0.1) is 12.8 Å². The third kappa shape index (κ3) is 2.29. The highest BCUT2D eigenvalue weighted by molar-refractivity contribution is 5.18. The van der Waals surface area contributed by atoms with Crippen LogP contribution in [0.25, 0.3) is 0 Å². The number of hydrogen-bond donors (Lipinski definition) is 1. The number of hydrogen-bond acceptors (Lipinski definition) is 3. The van der Waals surface area contributed by atoms with Crippen molar-refractivity contribution in [2.45, 2.75) is 20.0 Å². The van der Waals surface area contributed by atoms with Crippen LogP contribution in [0, 0.1) is 6.92 Å². The predicted molar refractivity (Wildman–Crippen MR) is 49.4 cm³/mol. The van der Waals surface area contributed by atoms with Gasteiger partial charge in [0.25, 0.3) is 0 Å². The number of aromatic nitrogens is 2. The van der Waals surface area contributed by atoms with E-state index < -0.39 is 6.10 Å². The van der Waals surface area contributed by atoms with E-state index >= 15 is 0 Å². The van der Waals surface area contributed by atoms with E-state index in [9.17, 15) is 5.11 Å². The number of ether oxygens (including phenoxy) is 1. The van der Waals surface area contributed by atoms with Gasteiger partial charge in [0.2, 0.25) is 0 Å². The van der Waals surface area contributed by atoms with E-state index in [-0.39, 0.29) is 0 Å². The fraction of sp³-hybridized carbons (Fsp3) is 0.667. The van der Waals surface area contributed by atoms with Crippen molar-refractivity contribution >= 4 is 0 Å². The lowest BCUT2D eigenvalue weighted by atomic mass is 10.1. The summed E-state index contributed by atoms with van der Waals surface area (Å²) < 4.78 is 6.87. The lowest BCUT2D eigenvalue weighted by Crippen LogP contribution is -2.08. The molecule has 0 fully saturated rings. The van der Waals surface area contributed by atoms with Gasteiger partial charge >= 0.3 is 0 Å². The van der Waals surface area contributed by atoms with E-state index in [0.717, 1.165) is 11.3 Å². The molecular weight excluding hydrogens is 168 g/mol. The Morgan fingerprint density at radius 1 is 1.69 bits per heavy atom.